The average Bonchev–Trinajstić information content (AvgIpc) is 3.09. The van der Waals surface area contributed by atoms with E-state index >= 15 is 0 Å². The highest BCUT2D eigenvalue weighted by molar-refractivity contribution is 6.54. The van der Waals surface area contributed by atoms with E-state index in [0.717, 1.165) is 0 Å². The van der Waals surface area contributed by atoms with Crippen molar-refractivity contribution >= 4 is 93.9 Å². The summed E-state index contributed by atoms with van der Waals surface area (Å²) >= 11 is 22.5. The fourth-order valence-corrected chi connectivity index (χ4v) is 4.86. The smallest absolute Gasteiger partial charge is 0.334 e. The number of esters is 2. The van der Waals surface area contributed by atoms with Gasteiger partial charge in [0.25, 0.3) is 11.8 Å². The monoisotopic (exact) mass is 814 g/mol. The molecule has 0 aliphatic carbocycles. The Labute approximate surface area is 328 Å². The fourth-order valence-electron chi connectivity index (χ4n) is 4.61. The van der Waals surface area contributed by atoms with Crippen LogP contribution >= 0.6 is 46.4 Å². The Morgan fingerprint density at radius 3 is 1.26 bits per heavy atom. The molecule has 2 amide bonds. The van der Waals surface area contributed by atoms with Gasteiger partial charge in [-0.05, 0) is 72.2 Å². The van der Waals surface area contributed by atoms with Crippen LogP contribution in [0.25, 0.3) is 12.2 Å². The van der Waals surface area contributed by atoms with E-state index < -0.39 is 63.5 Å². The topological polar surface area (TPSA) is 163 Å². The lowest BCUT2D eigenvalue weighted by molar-refractivity contribution is -0.140. The molecule has 0 aliphatic heterocycles. The summed E-state index contributed by atoms with van der Waals surface area (Å²) < 4.78 is 21.7. The third-order valence-corrected chi connectivity index (χ3v) is 7.87. The van der Waals surface area contributed by atoms with Gasteiger partial charge in [-0.15, -0.1) is 0 Å². The second kappa shape index (κ2) is 22.2. The van der Waals surface area contributed by atoms with Crippen molar-refractivity contribution in [1.29, 1.82) is 0 Å². The number of halogens is 4. The van der Waals surface area contributed by atoms with Crippen LogP contribution in [0, 0.1) is 11.8 Å². The van der Waals surface area contributed by atoms with E-state index in [4.69, 9.17) is 65.4 Å². The number of carbonyl (C=O) groups is 6. The van der Waals surface area contributed by atoms with Gasteiger partial charge >= 0.3 is 11.9 Å². The molecule has 12 nitrogen and oxygen atoms in total. The van der Waals surface area contributed by atoms with Gasteiger partial charge in [0.2, 0.25) is 0 Å². The first-order chi connectivity index (χ1) is 24.9. The maximum atomic E-state index is 12.9. The second-order valence-electron chi connectivity index (χ2n) is 12.4. The van der Waals surface area contributed by atoms with Gasteiger partial charge in [-0.2, -0.15) is 0 Å². The molecule has 0 aromatic heterocycles. The molecule has 2 N–H and O–H groups in total. The lowest BCUT2D eigenvalue weighted by atomic mass is 10.0. The highest BCUT2D eigenvalue weighted by Gasteiger charge is 2.28. The molecule has 2 aromatic carbocycles. The number of methoxy groups -OCH3 is 2. The molecule has 16 heteroatoms. The molecule has 0 saturated heterocycles. The van der Waals surface area contributed by atoms with Gasteiger partial charge in [-0.25, -0.2) is 9.59 Å². The van der Waals surface area contributed by atoms with E-state index in [2.05, 4.69) is 10.6 Å². The first kappa shape index (κ1) is 45.1. The third kappa shape index (κ3) is 15.8. The summed E-state index contributed by atoms with van der Waals surface area (Å²) in [5, 5.41) is 4.95. The lowest BCUT2D eigenvalue weighted by Gasteiger charge is -2.20. The second-order valence-corrected chi connectivity index (χ2v) is 14.6. The van der Waals surface area contributed by atoms with Crippen molar-refractivity contribution in [3.63, 3.8) is 0 Å². The van der Waals surface area contributed by atoms with Gasteiger partial charge in [0.05, 0.1) is 20.6 Å². The van der Waals surface area contributed by atoms with Crippen molar-refractivity contribution in [2.75, 3.05) is 14.2 Å². The van der Waals surface area contributed by atoms with Gasteiger partial charge in [0.1, 0.15) is 12.1 Å². The van der Waals surface area contributed by atoms with Crippen LogP contribution < -0.4 is 29.6 Å². The minimum Gasteiger partial charge on any atom is -0.493 e. The van der Waals surface area contributed by atoms with Gasteiger partial charge in [-0.1, -0.05) is 98.4 Å². The number of carbonyl (C=O) groups excluding carboxylic acids is 6. The number of rotatable bonds is 20. The summed E-state index contributed by atoms with van der Waals surface area (Å²) in [5.74, 6) is -3.30. The molecule has 0 spiro atoms. The molecule has 0 saturated carbocycles. The van der Waals surface area contributed by atoms with E-state index in [1.54, 1.807) is 12.1 Å². The van der Waals surface area contributed by atoms with Gasteiger partial charge in [0.15, 0.2) is 44.2 Å². The molecule has 0 fully saturated rings. The molecule has 0 radical (unpaired) electrons. The molecule has 0 bridgehead atoms. The van der Waals surface area contributed by atoms with Crippen LogP contribution in [0.5, 0.6) is 23.0 Å². The molecule has 53 heavy (non-hydrogen) atoms. The van der Waals surface area contributed by atoms with E-state index in [9.17, 15) is 28.8 Å². The van der Waals surface area contributed by atoms with Crippen molar-refractivity contribution < 1.29 is 47.7 Å². The van der Waals surface area contributed by atoms with Crippen LogP contribution in [0.3, 0.4) is 0 Å². The zero-order chi connectivity index (χ0) is 39.8. The van der Waals surface area contributed by atoms with Crippen LogP contribution in [0.4, 0.5) is 0 Å². The fraction of sp³-hybridized carbons (Fsp3) is 0.405. The van der Waals surface area contributed by atoms with Crippen LogP contribution in [-0.4, -0.2) is 71.3 Å². The van der Waals surface area contributed by atoms with Gasteiger partial charge in [-0.3, -0.25) is 19.2 Å². The van der Waals surface area contributed by atoms with Gasteiger partial charge in [0, 0.05) is 0 Å². The Morgan fingerprint density at radius 1 is 0.604 bits per heavy atom. The SMILES string of the molecule is COc1cc(/C=C/C(=O)CC(=O)/C=C/c2ccc(OC(=O)[C@H](CC(C)C)NC(=O)C(Cl)Cl)c(OC)c2)ccc1OC(=O)[C@H](CC(C)C)NC(=O)C(Cl)Cl. The number of alkyl halides is 4. The number of ketones is 2. The summed E-state index contributed by atoms with van der Waals surface area (Å²) in [6.07, 6.45) is 5.54. The standard InChI is InChI=1S/C37H42Cl4N2O10/c1-20(2)15-26(42-34(46)32(38)39)36(48)52-28-13-9-22(17-30(28)50-5)7-11-24(44)19-25(45)12-8-23-10-14-29(31(18-23)51-6)53-37(49)27(16-21(3)4)43-35(47)33(40)41/h7-14,17-18,20-21,26-27,32-33H,15-16,19H2,1-6H3,(H,42,46)(H,43,47)/b11-7+,12-8+/t26-,27-/m0/s1. The normalized spacial score (nSPS) is 12.6. The Morgan fingerprint density at radius 2 is 0.962 bits per heavy atom. The molecular weight excluding hydrogens is 774 g/mol. The van der Waals surface area contributed by atoms with Crippen molar-refractivity contribution in [3.8, 4) is 23.0 Å². The Kier molecular flexibility index (Phi) is 18.9. The zero-order valence-electron chi connectivity index (χ0n) is 30.0. The first-order valence-electron chi connectivity index (χ1n) is 16.3. The quantitative estimate of drug-likeness (QED) is 0.0500. The number of ether oxygens (including phenoxy) is 4. The zero-order valence-corrected chi connectivity index (χ0v) is 33.0. The Bertz CT molecular complexity index is 1570. The lowest BCUT2D eigenvalue weighted by Crippen LogP contribution is -2.45. The minimum atomic E-state index is -1.36. The molecule has 0 aliphatic rings. The molecule has 0 unspecified atom stereocenters. The number of hydrogen-bond acceptors (Lipinski definition) is 10. The highest BCUT2D eigenvalue weighted by atomic mass is 35.5. The summed E-state index contributed by atoms with van der Waals surface area (Å²) in [7, 11) is 2.74. The number of allylic oxidation sites excluding steroid dienone is 2. The third-order valence-electron chi connectivity index (χ3n) is 7.08. The van der Waals surface area contributed by atoms with Crippen LogP contribution in [-0.2, 0) is 28.8 Å². The maximum absolute atomic E-state index is 12.9. The summed E-state index contributed by atoms with van der Waals surface area (Å²) in [6.45, 7) is 7.47. The molecular formula is C37H42Cl4N2O10. The van der Waals surface area contributed by atoms with E-state index in [1.807, 2.05) is 27.7 Å². The average molecular weight is 817 g/mol. The molecule has 288 valence electrons. The summed E-state index contributed by atoms with van der Waals surface area (Å²) in [5.41, 5.74) is 1.04. The van der Waals surface area contributed by atoms with Crippen molar-refractivity contribution in [2.45, 2.75) is 68.7 Å². The van der Waals surface area contributed by atoms with Crippen LogP contribution in [0.2, 0.25) is 0 Å². The van der Waals surface area contributed by atoms with E-state index in [1.165, 1.54) is 62.8 Å². The first-order valence-corrected chi connectivity index (χ1v) is 18.1. The summed E-state index contributed by atoms with van der Waals surface area (Å²) in [4.78, 5) is 72.2. The highest BCUT2D eigenvalue weighted by Crippen LogP contribution is 2.31. The Hall–Kier alpha value is -4.10. The molecule has 2 rings (SSSR count). The van der Waals surface area contributed by atoms with Crippen molar-refractivity contribution in [2.24, 2.45) is 11.8 Å². The van der Waals surface area contributed by atoms with E-state index in [0.29, 0.717) is 11.1 Å². The molecule has 0 heterocycles. The number of amides is 2. The minimum absolute atomic E-state index is 0.0360. The van der Waals surface area contributed by atoms with Crippen molar-refractivity contribution in [1.82, 2.24) is 10.6 Å². The number of nitrogens with one attached hydrogen (secondary N) is 2. The van der Waals surface area contributed by atoms with E-state index in [-0.39, 0.29) is 47.7 Å². The number of hydrogen-bond donors (Lipinski definition) is 2. The van der Waals surface area contributed by atoms with Crippen LogP contribution in [0.1, 0.15) is 58.1 Å². The predicted molar refractivity (Wildman–Crippen MR) is 204 cm³/mol. The molecule has 2 aromatic rings. The molecule has 2 atom stereocenters. The largest absolute Gasteiger partial charge is 0.493 e. The predicted octanol–water partition coefficient (Wildman–Crippen LogP) is 6.44. The van der Waals surface area contributed by atoms with Gasteiger partial charge < -0.3 is 29.6 Å². The van der Waals surface area contributed by atoms with Crippen molar-refractivity contribution in [3.05, 3.63) is 59.7 Å². The maximum Gasteiger partial charge on any atom is 0.334 e. The number of benzene rings is 2. The summed E-state index contributed by atoms with van der Waals surface area (Å²) in [6, 6.07) is 7.13. The van der Waals surface area contributed by atoms with Crippen LogP contribution in [0.15, 0.2) is 48.6 Å². The Balaban J connectivity index is 2.06.